The first-order valence-corrected chi connectivity index (χ1v) is 10.2. The largest absolute Gasteiger partial charge is 0.465 e. The Morgan fingerprint density at radius 2 is 2.00 bits per heavy atom. The van der Waals surface area contributed by atoms with Crippen LogP contribution in [0.15, 0.2) is 11.6 Å². The van der Waals surface area contributed by atoms with Gasteiger partial charge < -0.3 is 9.84 Å². The molecule has 0 spiro atoms. The van der Waals surface area contributed by atoms with Gasteiger partial charge in [0.25, 0.3) is 0 Å². The molecule has 0 radical (unpaired) electrons. The second kappa shape index (κ2) is 6.78. The van der Waals surface area contributed by atoms with E-state index in [1.807, 2.05) is 0 Å². The third-order valence-corrected chi connectivity index (χ3v) is 7.74. The SMILES string of the molecule is CCOC(=O)C1C(=O)CC[C@@]2(C)CC[C@@]3(C)C(=CC[C@@H]3C(C)C)[C@H](O)[C@@H]12. The Kier molecular flexibility index (Phi) is 5.11. The number of hydrogen-bond acceptors (Lipinski definition) is 4. The summed E-state index contributed by atoms with van der Waals surface area (Å²) in [5, 5.41) is 11.5. The number of carbonyl (C=O) groups excluding carboxylic acids is 2. The van der Waals surface area contributed by atoms with Gasteiger partial charge in [0.05, 0.1) is 12.7 Å². The van der Waals surface area contributed by atoms with Gasteiger partial charge >= 0.3 is 5.97 Å². The number of aliphatic hydroxyl groups excluding tert-OH is 1. The summed E-state index contributed by atoms with van der Waals surface area (Å²) in [4.78, 5) is 25.3. The minimum atomic E-state index is -0.829. The van der Waals surface area contributed by atoms with Crippen LogP contribution in [-0.2, 0) is 14.3 Å². The number of hydrogen-bond donors (Lipinski definition) is 1. The standard InChI is InChI=1S/C22H34O4/c1-6-26-20(25)17-16(23)9-10-21(4)11-12-22(5)14(13(2)3)7-8-15(22)19(24)18(17)21/h8,13-14,17-19,24H,6-7,9-12H2,1-5H3/t14-,17?,18-,19+,21+,22-/m1/s1. The smallest absolute Gasteiger partial charge is 0.316 e. The van der Waals surface area contributed by atoms with Crippen molar-refractivity contribution in [3.05, 3.63) is 11.6 Å². The average Bonchev–Trinajstić information content (AvgIpc) is 2.89. The molecule has 4 nitrogen and oxygen atoms in total. The third kappa shape index (κ3) is 2.85. The molecule has 1 unspecified atom stereocenters. The monoisotopic (exact) mass is 362 g/mol. The molecule has 0 aromatic heterocycles. The second-order valence-corrected chi connectivity index (χ2v) is 9.48. The van der Waals surface area contributed by atoms with Crippen LogP contribution >= 0.6 is 0 Å². The molecule has 6 atom stereocenters. The van der Waals surface area contributed by atoms with Crippen molar-refractivity contribution in [3.8, 4) is 0 Å². The van der Waals surface area contributed by atoms with Gasteiger partial charge in [0.2, 0.25) is 0 Å². The first-order chi connectivity index (χ1) is 12.2. The van der Waals surface area contributed by atoms with Crippen molar-refractivity contribution in [1.29, 1.82) is 0 Å². The lowest BCUT2D eigenvalue weighted by molar-refractivity contribution is -0.163. The highest BCUT2D eigenvalue weighted by Crippen LogP contribution is 2.61. The van der Waals surface area contributed by atoms with Crippen molar-refractivity contribution in [1.82, 2.24) is 0 Å². The molecule has 0 aliphatic heterocycles. The predicted octanol–water partition coefficient (Wildman–Crippen LogP) is 3.91. The van der Waals surface area contributed by atoms with E-state index in [2.05, 4.69) is 33.8 Å². The van der Waals surface area contributed by atoms with Gasteiger partial charge in [0.1, 0.15) is 11.7 Å². The zero-order chi connectivity index (χ0) is 19.3. The van der Waals surface area contributed by atoms with Crippen LogP contribution in [0.3, 0.4) is 0 Å². The zero-order valence-corrected chi connectivity index (χ0v) is 16.9. The van der Waals surface area contributed by atoms with E-state index >= 15 is 0 Å². The lowest BCUT2D eigenvalue weighted by atomic mass is 9.59. The molecule has 2 fully saturated rings. The Morgan fingerprint density at radius 3 is 2.62 bits per heavy atom. The number of esters is 1. The minimum Gasteiger partial charge on any atom is -0.465 e. The van der Waals surface area contributed by atoms with Crippen LogP contribution in [0.2, 0.25) is 0 Å². The summed E-state index contributed by atoms with van der Waals surface area (Å²) in [6.07, 6.45) is 5.54. The van der Waals surface area contributed by atoms with E-state index < -0.39 is 18.0 Å². The average molecular weight is 363 g/mol. The van der Waals surface area contributed by atoms with Crippen LogP contribution in [0.5, 0.6) is 0 Å². The Balaban J connectivity index is 2.03. The fraction of sp³-hybridized carbons (Fsp3) is 0.818. The van der Waals surface area contributed by atoms with E-state index in [4.69, 9.17) is 4.74 Å². The Labute approximate surface area is 157 Å². The van der Waals surface area contributed by atoms with Crippen LogP contribution in [0.25, 0.3) is 0 Å². The van der Waals surface area contributed by atoms with Crippen molar-refractivity contribution in [2.45, 2.75) is 72.8 Å². The molecular weight excluding hydrogens is 328 g/mol. The quantitative estimate of drug-likeness (QED) is 0.470. The molecule has 0 saturated heterocycles. The number of carbonyl (C=O) groups is 2. The summed E-state index contributed by atoms with van der Waals surface area (Å²) in [6.45, 7) is 11.0. The molecule has 1 N–H and O–H groups in total. The van der Waals surface area contributed by atoms with Crippen molar-refractivity contribution >= 4 is 11.8 Å². The van der Waals surface area contributed by atoms with Crippen LogP contribution in [0, 0.1) is 34.5 Å². The van der Waals surface area contributed by atoms with Crippen molar-refractivity contribution in [3.63, 3.8) is 0 Å². The second-order valence-electron chi connectivity index (χ2n) is 9.48. The molecule has 146 valence electrons. The highest BCUT2D eigenvalue weighted by Gasteiger charge is 2.59. The summed E-state index contributed by atoms with van der Waals surface area (Å²) in [5.41, 5.74) is 0.811. The maximum absolute atomic E-state index is 12.7. The van der Waals surface area contributed by atoms with Gasteiger partial charge in [-0.2, -0.15) is 0 Å². The Hall–Kier alpha value is -1.16. The molecule has 0 bridgehead atoms. The van der Waals surface area contributed by atoms with Gasteiger partial charge in [0, 0.05) is 12.3 Å². The van der Waals surface area contributed by atoms with E-state index in [0.717, 1.165) is 31.3 Å². The van der Waals surface area contributed by atoms with Crippen molar-refractivity contribution in [2.75, 3.05) is 6.61 Å². The number of ketones is 1. The maximum Gasteiger partial charge on any atom is 0.316 e. The molecule has 4 heteroatoms. The first-order valence-electron chi connectivity index (χ1n) is 10.2. The summed E-state index contributed by atoms with van der Waals surface area (Å²) in [5.74, 6) is -0.668. The van der Waals surface area contributed by atoms with Crippen molar-refractivity contribution in [2.24, 2.45) is 34.5 Å². The van der Waals surface area contributed by atoms with Gasteiger partial charge in [0.15, 0.2) is 0 Å². The highest BCUT2D eigenvalue weighted by atomic mass is 16.5. The molecule has 0 aromatic rings. The van der Waals surface area contributed by atoms with E-state index in [-0.39, 0.29) is 29.1 Å². The number of aliphatic hydroxyl groups is 1. The Bertz CT molecular complexity index is 622. The molecule has 26 heavy (non-hydrogen) atoms. The zero-order valence-electron chi connectivity index (χ0n) is 16.9. The fourth-order valence-electron chi connectivity index (χ4n) is 6.19. The first kappa shape index (κ1) is 19.6. The molecule has 3 rings (SSSR count). The molecule has 3 aliphatic rings. The number of Topliss-reactive ketones (excluding diaryl/α,β-unsaturated/α-hetero) is 1. The number of allylic oxidation sites excluding steroid dienone is 1. The Morgan fingerprint density at radius 1 is 1.31 bits per heavy atom. The highest BCUT2D eigenvalue weighted by molar-refractivity contribution is 6.00. The molecule has 0 heterocycles. The molecule has 2 saturated carbocycles. The van der Waals surface area contributed by atoms with Crippen LogP contribution in [-0.4, -0.2) is 29.6 Å². The lowest BCUT2D eigenvalue weighted by Crippen LogP contribution is -2.51. The van der Waals surface area contributed by atoms with E-state index in [9.17, 15) is 14.7 Å². The molecular formula is C22H34O4. The van der Waals surface area contributed by atoms with Crippen LogP contribution in [0.1, 0.15) is 66.7 Å². The molecule has 3 aliphatic carbocycles. The summed E-state index contributed by atoms with van der Waals surface area (Å²) < 4.78 is 5.24. The minimum absolute atomic E-state index is 0.0454. The molecule has 0 amide bonds. The van der Waals surface area contributed by atoms with Gasteiger partial charge in [-0.3, -0.25) is 9.59 Å². The summed E-state index contributed by atoms with van der Waals surface area (Å²) in [6, 6.07) is 0. The predicted molar refractivity (Wildman–Crippen MR) is 100 cm³/mol. The normalized spacial score (nSPS) is 42.7. The summed E-state index contributed by atoms with van der Waals surface area (Å²) >= 11 is 0. The van der Waals surface area contributed by atoms with Crippen LogP contribution < -0.4 is 0 Å². The summed E-state index contributed by atoms with van der Waals surface area (Å²) in [7, 11) is 0. The topological polar surface area (TPSA) is 63.6 Å². The lowest BCUT2D eigenvalue weighted by Gasteiger charge is -2.45. The van der Waals surface area contributed by atoms with Gasteiger partial charge in [-0.15, -0.1) is 0 Å². The van der Waals surface area contributed by atoms with Gasteiger partial charge in [-0.1, -0.05) is 33.8 Å². The van der Waals surface area contributed by atoms with Crippen molar-refractivity contribution < 1.29 is 19.4 Å². The fourth-order valence-corrected chi connectivity index (χ4v) is 6.19. The number of fused-ring (bicyclic) bond motifs is 2. The maximum atomic E-state index is 12.7. The number of ether oxygens (including phenoxy) is 1. The van der Waals surface area contributed by atoms with Gasteiger partial charge in [-0.05, 0) is 60.8 Å². The van der Waals surface area contributed by atoms with Crippen LogP contribution in [0.4, 0.5) is 0 Å². The van der Waals surface area contributed by atoms with Gasteiger partial charge in [-0.25, -0.2) is 0 Å². The number of rotatable bonds is 3. The van der Waals surface area contributed by atoms with E-state index in [0.29, 0.717) is 18.3 Å². The van der Waals surface area contributed by atoms with E-state index in [1.54, 1.807) is 6.92 Å². The van der Waals surface area contributed by atoms with E-state index in [1.165, 1.54) is 0 Å². The molecule has 0 aromatic carbocycles. The third-order valence-electron chi connectivity index (χ3n) is 7.74.